The largest absolute Gasteiger partial charge is 0.492 e. The van der Waals surface area contributed by atoms with Crippen LogP contribution in [-0.4, -0.2) is 21.2 Å². The van der Waals surface area contributed by atoms with Gasteiger partial charge in [0.25, 0.3) is 0 Å². The number of hydrogen-bond acceptors (Lipinski definition) is 3. The van der Waals surface area contributed by atoms with Gasteiger partial charge < -0.3 is 4.74 Å². The summed E-state index contributed by atoms with van der Waals surface area (Å²) in [6.07, 6.45) is 5.60. The van der Waals surface area contributed by atoms with Crippen molar-refractivity contribution < 1.29 is 9.13 Å². The number of aromatic nitrogens is 3. The lowest BCUT2D eigenvalue weighted by atomic mass is 10.0. The molecule has 1 aliphatic carbocycles. The quantitative estimate of drug-likeness (QED) is 0.672. The maximum atomic E-state index is 13.0. The third-order valence-electron chi connectivity index (χ3n) is 4.94. The molecule has 2 heterocycles. The average molecular weight is 339 g/mol. The number of hydrogen-bond donors (Lipinski definition) is 0. The molecule has 4 rings (SSSR count). The molecule has 1 atom stereocenters. The molecule has 0 N–H and O–H groups in total. The van der Waals surface area contributed by atoms with Crippen molar-refractivity contribution in [1.82, 2.24) is 14.6 Å². The highest BCUT2D eigenvalue weighted by molar-refractivity contribution is 5.54. The Bertz CT molecular complexity index is 884. The summed E-state index contributed by atoms with van der Waals surface area (Å²) >= 11 is 0. The van der Waals surface area contributed by atoms with Gasteiger partial charge in [-0.1, -0.05) is 19.1 Å². The van der Waals surface area contributed by atoms with E-state index in [1.165, 1.54) is 25.0 Å². The van der Waals surface area contributed by atoms with E-state index in [1.54, 1.807) is 0 Å². The molecule has 0 spiro atoms. The topological polar surface area (TPSA) is 39.4 Å². The Hall–Kier alpha value is -2.43. The Morgan fingerprint density at radius 1 is 1.20 bits per heavy atom. The van der Waals surface area contributed by atoms with E-state index in [0.29, 0.717) is 6.61 Å². The van der Waals surface area contributed by atoms with Crippen LogP contribution in [0, 0.1) is 18.7 Å². The number of pyridine rings is 1. The third kappa shape index (κ3) is 3.36. The summed E-state index contributed by atoms with van der Waals surface area (Å²) in [5, 5.41) is 8.70. The van der Waals surface area contributed by atoms with Gasteiger partial charge in [-0.25, -0.2) is 4.39 Å². The first-order chi connectivity index (χ1) is 12.1. The van der Waals surface area contributed by atoms with E-state index in [9.17, 15) is 4.39 Å². The second kappa shape index (κ2) is 6.47. The van der Waals surface area contributed by atoms with E-state index >= 15 is 0 Å². The lowest BCUT2D eigenvalue weighted by Crippen LogP contribution is -2.08. The van der Waals surface area contributed by atoms with Crippen molar-refractivity contribution in [2.45, 2.75) is 39.0 Å². The Labute approximate surface area is 146 Å². The van der Waals surface area contributed by atoms with Crippen LogP contribution in [0.4, 0.5) is 4.39 Å². The number of aryl methyl sites for hydroxylation is 1. The van der Waals surface area contributed by atoms with Crippen molar-refractivity contribution in [3.05, 3.63) is 59.3 Å². The molecule has 1 aromatic carbocycles. The molecule has 1 fully saturated rings. The summed E-state index contributed by atoms with van der Waals surface area (Å²) in [4.78, 5) is 0. The molecule has 1 aliphatic rings. The Morgan fingerprint density at radius 3 is 2.68 bits per heavy atom. The van der Waals surface area contributed by atoms with Gasteiger partial charge in [0, 0.05) is 24.1 Å². The molecular formula is C20H22FN3O. The summed E-state index contributed by atoms with van der Waals surface area (Å²) < 4.78 is 21.1. The zero-order valence-electron chi connectivity index (χ0n) is 14.6. The van der Waals surface area contributed by atoms with Crippen LogP contribution >= 0.6 is 0 Å². The van der Waals surface area contributed by atoms with E-state index in [1.807, 2.05) is 31.3 Å². The van der Waals surface area contributed by atoms with E-state index in [0.717, 1.165) is 40.7 Å². The molecule has 0 bridgehead atoms. The zero-order chi connectivity index (χ0) is 17.4. The van der Waals surface area contributed by atoms with E-state index < -0.39 is 0 Å². The minimum Gasteiger partial charge on any atom is -0.492 e. The predicted molar refractivity (Wildman–Crippen MR) is 94.5 cm³/mol. The molecule has 4 nitrogen and oxygen atoms in total. The molecule has 0 amide bonds. The summed E-state index contributed by atoms with van der Waals surface area (Å²) in [5.41, 5.74) is 2.93. The Morgan fingerprint density at radius 2 is 1.96 bits per heavy atom. The number of benzene rings is 1. The number of rotatable bonds is 6. The molecule has 3 aromatic rings. The molecule has 0 aliphatic heterocycles. The van der Waals surface area contributed by atoms with Crippen molar-refractivity contribution in [3.8, 4) is 5.75 Å². The molecule has 25 heavy (non-hydrogen) atoms. The highest BCUT2D eigenvalue weighted by Gasteiger charge is 2.24. The molecule has 5 heteroatoms. The van der Waals surface area contributed by atoms with Crippen LogP contribution in [0.1, 0.15) is 42.6 Å². The van der Waals surface area contributed by atoms with Gasteiger partial charge in [-0.05, 0) is 49.4 Å². The van der Waals surface area contributed by atoms with Crippen LogP contribution in [-0.2, 0) is 6.42 Å². The van der Waals surface area contributed by atoms with Gasteiger partial charge in [-0.3, -0.25) is 4.40 Å². The van der Waals surface area contributed by atoms with Crippen LogP contribution in [0.25, 0.3) is 5.65 Å². The molecular weight excluding hydrogens is 317 g/mol. The Kier molecular flexibility index (Phi) is 4.15. The fourth-order valence-electron chi connectivity index (χ4n) is 3.09. The molecule has 1 unspecified atom stereocenters. The average Bonchev–Trinajstić information content (AvgIpc) is 3.33. The summed E-state index contributed by atoms with van der Waals surface area (Å²) in [7, 11) is 0. The van der Waals surface area contributed by atoms with Crippen molar-refractivity contribution in [2.75, 3.05) is 6.61 Å². The number of halogens is 1. The summed E-state index contributed by atoms with van der Waals surface area (Å²) in [5.74, 6) is 2.60. The molecule has 0 radical (unpaired) electrons. The minimum absolute atomic E-state index is 0.180. The van der Waals surface area contributed by atoms with Crippen molar-refractivity contribution in [3.63, 3.8) is 0 Å². The molecule has 2 aromatic heterocycles. The third-order valence-corrected chi connectivity index (χ3v) is 4.94. The highest BCUT2D eigenvalue weighted by Crippen LogP contribution is 2.33. The lowest BCUT2D eigenvalue weighted by molar-refractivity contribution is 0.294. The van der Waals surface area contributed by atoms with Crippen molar-refractivity contribution in [1.29, 1.82) is 0 Å². The van der Waals surface area contributed by atoms with Gasteiger partial charge in [0.1, 0.15) is 17.4 Å². The van der Waals surface area contributed by atoms with Gasteiger partial charge in [-0.15, -0.1) is 10.2 Å². The zero-order valence-corrected chi connectivity index (χ0v) is 14.6. The standard InChI is InChI=1S/C20H22FN3O/c1-13(16-5-7-17(21)8-6-16)12-25-18-9-10-24-19(11-15-3-4-15)22-23-20(24)14(18)2/h5-10,13,15H,3-4,11-12H2,1-2H3. The number of fused-ring (bicyclic) bond motifs is 1. The summed E-state index contributed by atoms with van der Waals surface area (Å²) in [6, 6.07) is 8.57. The lowest BCUT2D eigenvalue weighted by Gasteiger charge is -2.15. The van der Waals surface area contributed by atoms with Crippen LogP contribution in [0.2, 0.25) is 0 Å². The fraction of sp³-hybridized carbons (Fsp3) is 0.400. The molecule has 1 saturated carbocycles. The van der Waals surface area contributed by atoms with E-state index in [4.69, 9.17) is 4.74 Å². The van der Waals surface area contributed by atoms with E-state index in [2.05, 4.69) is 21.5 Å². The van der Waals surface area contributed by atoms with Crippen molar-refractivity contribution >= 4 is 5.65 Å². The first kappa shape index (κ1) is 16.1. The summed E-state index contributed by atoms with van der Waals surface area (Å²) in [6.45, 7) is 4.63. The van der Waals surface area contributed by atoms with E-state index in [-0.39, 0.29) is 11.7 Å². The number of nitrogens with zero attached hydrogens (tertiary/aromatic N) is 3. The molecule has 130 valence electrons. The fourth-order valence-corrected chi connectivity index (χ4v) is 3.09. The van der Waals surface area contributed by atoms with Crippen LogP contribution in [0.15, 0.2) is 36.5 Å². The van der Waals surface area contributed by atoms with Crippen LogP contribution in [0.5, 0.6) is 5.75 Å². The highest BCUT2D eigenvalue weighted by atomic mass is 19.1. The normalized spacial score (nSPS) is 15.5. The SMILES string of the molecule is Cc1c(OCC(C)c2ccc(F)cc2)ccn2c(CC3CC3)nnc12. The maximum absolute atomic E-state index is 13.0. The first-order valence-electron chi connectivity index (χ1n) is 8.83. The second-order valence-corrected chi connectivity index (χ2v) is 7.03. The smallest absolute Gasteiger partial charge is 0.167 e. The maximum Gasteiger partial charge on any atom is 0.167 e. The van der Waals surface area contributed by atoms with Gasteiger partial charge in [0.05, 0.1) is 6.61 Å². The van der Waals surface area contributed by atoms with Gasteiger partial charge in [0.15, 0.2) is 5.65 Å². The predicted octanol–water partition coefficient (Wildman–Crippen LogP) is 4.31. The van der Waals surface area contributed by atoms with Crippen LogP contribution in [0.3, 0.4) is 0 Å². The second-order valence-electron chi connectivity index (χ2n) is 7.03. The monoisotopic (exact) mass is 339 g/mol. The Balaban J connectivity index is 1.49. The van der Waals surface area contributed by atoms with Gasteiger partial charge >= 0.3 is 0 Å². The number of ether oxygens (including phenoxy) is 1. The minimum atomic E-state index is -0.216. The van der Waals surface area contributed by atoms with Crippen LogP contribution < -0.4 is 4.74 Å². The van der Waals surface area contributed by atoms with Gasteiger partial charge in [-0.2, -0.15) is 0 Å². The molecule has 0 saturated heterocycles. The first-order valence-corrected chi connectivity index (χ1v) is 8.83. The van der Waals surface area contributed by atoms with Crippen molar-refractivity contribution in [2.24, 2.45) is 5.92 Å². The van der Waals surface area contributed by atoms with Gasteiger partial charge in [0.2, 0.25) is 0 Å².